The monoisotopic (exact) mass is 331 g/mol. The first-order valence-electron chi connectivity index (χ1n) is 7.83. The van der Waals surface area contributed by atoms with Gasteiger partial charge in [-0.25, -0.2) is 0 Å². The number of carbonyl (C=O) groups is 1. The number of fused-ring (bicyclic) bond motifs is 1. The summed E-state index contributed by atoms with van der Waals surface area (Å²) in [5, 5.41) is 3.01. The van der Waals surface area contributed by atoms with E-state index >= 15 is 0 Å². The molecule has 22 heavy (non-hydrogen) atoms. The molecule has 1 aliphatic rings. The molecule has 1 aliphatic carbocycles. The number of rotatable bonds is 6. The molecule has 0 atom stereocenters. The van der Waals surface area contributed by atoms with Crippen LogP contribution in [0.5, 0.6) is 0 Å². The van der Waals surface area contributed by atoms with Crippen molar-refractivity contribution in [3.05, 3.63) is 51.2 Å². The van der Waals surface area contributed by atoms with Crippen molar-refractivity contribution >= 4 is 29.0 Å². The van der Waals surface area contributed by atoms with Crippen molar-refractivity contribution < 1.29 is 4.79 Å². The number of nitrogens with one attached hydrogen (secondary N) is 1. The fourth-order valence-corrected chi connectivity index (χ4v) is 4.42. The Balaban J connectivity index is 1.46. The van der Waals surface area contributed by atoms with Crippen LogP contribution >= 0.6 is 23.1 Å². The average Bonchev–Trinajstić information content (AvgIpc) is 3.19. The number of thioether (sulfide) groups is 1. The quantitative estimate of drug-likeness (QED) is 0.804. The van der Waals surface area contributed by atoms with Crippen LogP contribution in [0.3, 0.4) is 0 Å². The zero-order valence-corrected chi connectivity index (χ0v) is 14.5. The van der Waals surface area contributed by atoms with Gasteiger partial charge in [0.25, 0.3) is 0 Å². The first-order valence-corrected chi connectivity index (χ1v) is 9.63. The number of hydrogen-bond donors (Lipinski definition) is 1. The molecule has 2 aromatic rings. The Bertz CT molecular complexity index is 663. The molecule has 4 heteroatoms. The molecule has 0 saturated carbocycles. The van der Waals surface area contributed by atoms with E-state index in [4.69, 9.17) is 0 Å². The van der Waals surface area contributed by atoms with Gasteiger partial charge in [0.05, 0.1) is 12.3 Å². The van der Waals surface area contributed by atoms with Crippen LogP contribution in [0.4, 0.5) is 0 Å². The Kier molecular flexibility index (Phi) is 5.21. The minimum Gasteiger partial charge on any atom is -0.350 e. The lowest BCUT2D eigenvalue weighted by molar-refractivity contribution is -0.118. The topological polar surface area (TPSA) is 29.1 Å². The number of aryl methyl sites for hydroxylation is 3. The van der Waals surface area contributed by atoms with Crippen LogP contribution in [0.25, 0.3) is 0 Å². The Morgan fingerprint density at radius 3 is 2.82 bits per heavy atom. The number of thiophene rings is 1. The molecule has 1 heterocycles. The molecular formula is C18H21NOS2. The third kappa shape index (κ3) is 3.93. The number of amides is 1. The van der Waals surface area contributed by atoms with Gasteiger partial charge >= 0.3 is 0 Å². The van der Waals surface area contributed by atoms with Crippen molar-refractivity contribution in [3.8, 4) is 0 Å². The Morgan fingerprint density at radius 2 is 2.00 bits per heavy atom. The predicted molar refractivity (Wildman–Crippen MR) is 94.7 cm³/mol. The molecule has 0 saturated heterocycles. The highest BCUT2D eigenvalue weighted by molar-refractivity contribution is 8.00. The number of hydrogen-bond acceptors (Lipinski definition) is 3. The van der Waals surface area contributed by atoms with Gasteiger partial charge in [0.1, 0.15) is 0 Å². The fraction of sp³-hybridized carbons (Fsp3) is 0.389. The second kappa shape index (κ2) is 7.34. The smallest absolute Gasteiger partial charge is 0.230 e. The van der Waals surface area contributed by atoms with Crippen LogP contribution in [0.2, 0.25) is 0 Å². The number of carbonyl (C=O) groups excluding carboxylic acids is 1. The normalized spacial score (nSPS) is 13.1. The Labute approximate surface area is 140 Å². The summed E-state index contributed by atoms with van der Waals surface area (Å²) in [7, 11) is 0. The molecule has 1 N–H and O–H groups in total. The van der Waals surface area contributed by atoms with E-state index in [1.807, 2.05) is 0 Å². The first kappa shape index (κ1) is 15.6. The van der Waals surface area contributed by atoms with Crippen LogP contribution in [0.1, 0.15) is 34.2 Å². The van der Waals surface area contributed by atoms with E-state index in [9.17, 15) is 4.79 Å². The molecular weight excluding hydrogens is 310 g/mol. The van der Waals surface area contributed by atoms with Gasteiger partial charge in [0, 0.05) is 14.6 Å². The molecule has 116 valence electrons. The van der Waals surface area contributed by atoms with Gasteiger partial charge in [-0.2, -0.15) is 0 Å². The van der Waals surface area contributed by atoms with Crippen molar-refractivity contribution in [1.29, 1.82) is 0 Å². The summed E-state index contributed by atoms with van der Waals surface area (Å²) in [6, 6.07) is 10.9. The first-order chi connectivity index (χ1) is 10.7. The highest BCUT2D eigenvalue weighted by Crippen LogP contribution is 2.27. The summed E-state index contributed by atoms with van der Waals surface area (Å²) in [4.78, 5) is 15.8. The Hall–Kier alpha value is -1.26. The van der Waals surface area contributed by atoms with Crippen molar-refractivity contribution in [2.75, 3.05) is 5.75 Å². The summed E-state index contributed by atoms with van der Waals surface area (Å²) in [6.45, 7) is 2.80. The SMILES string of the molecule is CCc1ccc(CNC(=O)CSc2ccc3c(c2)CCC3)s1. The van der Waals surface area contributed by atoms with Crippen LogP contribution in [0.15, 0.2) is 35.2 Å². The van der Waals surface area contributed by atoms with Crippen molar-refractivity contribution in [1.82, 2.24) is 5.32 Å². The molecule has 1 aromatic heterocycles. The van der Waals surface area contributed by atoms with E-state index in [0.29, 0.717) is 12.3 Å². The summed E-state index contributed by atoms with van der Waals surface area (Å²) in [5.41, 5.74) is 2.95. The van der Waals surface area contributed by atoms with Crippen LogP contribution in [-0.4, -0.2) is 11.7 Å². The third-order valence-electron chi connectivity index (χ3n) is 3.97. The lowest BCUT2D eigenvalue weighted by atomic mass is 10.1. The highest BCUT2D eigenvalue weighted by atomic mass is 32.2. The largest absolute Gasteiger partial charge is 0.350 e. The molecule has 1 aromatic carbocycles. The van der Waals surface area contributed by atoms with Gasteiger partial charge in [-0.05, 0) is 61.1 Å². The molecule has 1 amide bonds. The van der Waals surface area contributed by atoms with Gasteiger partial charge in [0.2, 0.25) is 5.91 Å². The van der Waals surface area contributed by atoms with Crippen LogP contribution in [0, 0.1) is 0 Å². The Morgan fingerprint density at radius 1 is 1.18 bits per heavy atom. The van der Waals surface area contributed by atoms with Crippen LogP contribution < -0.4 is 5.32 Å². The molecule has 0 bridgehead atoms. The maximum absolute atomic E-state index is 12.0. The van der Waals surface area contributed by atoms with Crippen molar-refractivity contribution in [2.24, 2.45) is 0 Å². The van der Waals surface area contributed by atoms with E-state index in [2.05, 4.69) is 42.6 Å². The molecule has 2 nitrogen and oxygen atoms in total. The summed E-state index contributed by atoms with van der Waals surface area (Å²) in [6.07, 6.45) is 4.73. The maximum Gasteiger partial charge on any atom is 0.230 e. The van der Waals surface area contributed by atoms with Gasteiger partial charge in [-0.1, -0.05) is 13.0 Å². The fourth-order valence-electron chi connectivity index (χ4n) is 2.73. The molecule has 0 fully saturated rings. The van der Waals surface area contributed by atoms with E-state index in [1.54, 1.807) is 23.1 Å². The van der Waals surface area contributed by atoms with E-state index in [-0.39, 0.29) is 5.91 Å². The maximum atomic E-state index is 12.0. The molecule has 0 spiro atoms. The lowest BCUT2D eigenvalue weighted by Crippen LogP contribution is -2.24. The number of benzene rings is 1. The average molecular weight is 332 g/mol. The summed E-state index contributed by atoms with van der Waals surface area (Å²) in [5.74, 6) is 0.599. The molecule has 0 radical (unpaired) electrons. The zero-order chi connectivity index (χ0) is 15.4. The van der Waals surface area contributed by atoms with Crippen LogP contribution in [-0.2, 0) is 30.6 Å². The van der Waals surface area contributed by atoms with Gasteiger partial charge in [-0.15, -0.1) is 23.1 Å². The predicted octanol–water partition coefficient (Wildman–Crippen LogP) is 4.21. The van der Waals surface area contributed by atoms with Crippen molar-refractivity contribution in [2.45, 2.75) is 44.0 Å². The zero-order valence-electron chi connectivity index (χ0n) is 12.9. The molecule has 0 aliphatic heterocycles. The van der Waals surface area contributed by atoms with Gasteiger partial charge in [0.15, 0.2) is 0 Å². The minimum absolute atomic E-state index is 0.108. The molecule has 3 rings (SSSR count). The van der Waals surface area contributed by atoms with E-state index in [1.165, 1.54) is 45.0 Å². The van der Waals surface area contributed by atoms with Crippen molar-refractivity contribution in [3.63, 3.8) is 0 Å². The minimum atomic E-state index is 0.108. The van der Waals surface area contributed by atoms with E-state index < -0.39 is 0 Å². The van der Waals surface area contributed by atoms with Gasteiger partial charge in [-0.3, -0.25) is 4.79 Å². The summed E-state index contributed by atoms with van der Waals surface area (Å²) >= 11 is 3.41. The van der Waals surface area contributed by atoms with Gasteiger partial charge < -0.3 is 5.32 Å². The summed E-state index contributed by atoms with van der Waals surface area (Å²) < 4.78 is 0. The highest BCUT2D eigenvalue weighted by Gasteiger charge is 2.11. The second-order valence-corrected chi connectivity index (χ2v) is 7.87. The van der Waals surface area contributed by atoms with E-state index in [0.717, 1.165) is 6.42 Å². The lowest BCUT2D eigenvalue weighted by Gasteiger charge is -2.06. The second-order valence-electron chi connectivity index (χ2n) is 5.57. The standard InChI is InChI=1S/C18H21NOS2/c1-2-15-8-9-17(22-15)11-19-18(20)12-21-16-7-6-13-4-3-5-14(13)10-16/h6-10H,2-5,11-12H2,1H3,(H,19,20). The molecule has 0 unspecified atom stereocenters. The third-order valence-corrected chi connectivity index (χ3v) is 6.19.